The average molecular weight is 531 g/mol. The molecule has 4 N–H and O–H groups in total. The van der Waals surface area contributed by atoms with Crippen molar-refractivity contribution >= 4 is 50.8 Å². The maximum Gasteiger partial charge on any atom is 0.356 e. The second-order valence-corrected chi connectivity index (χ2v) is 7.45. The Hall–Kier alpha value is -4.66. The van der Waals surface area contributed by atoms with Crippen molar-refractivity contribution in [1.29, 1.82) is 0 Å². The van der Waals surface area contributed by atoms with Crippen molar-refractivity contribution in [2.75, 3.05) is 10.9 Å². The van der Waals surface area contributed by atoms with Crippen LogP contribution >= 0.6 is 15.9 Å². The van der Waals surface area contributed by atoms with Gasteiger partial charge in [-0.25, -0.2) is 9.97 Å². The number of nitrogens with one attached hydrogen (secondary N) is 4. The molecule has 0 aliphatic carbocycles. The molecule has 34 heavy (non-hydrogen) atoms. The maximum atomic E-state index is 12.2. The summed E-state index contributed by atoms with van der Waals surface area (Å²) in [6.45, 7) is 0. The molecule has 0 atom stereocenters. The Kier molecular flexibility index (Phi) is 7.60. The molecule has 2 amide bonds. The quantitative estimate of drug-likeness (QED) is 0.235. The number of nitrogens with zero attached hydrogens (tertiary/aromatic N) is 4. The lowest BCUT2D eigenvalue weighted by Crippen LogP contribution is -2.32. The molecule has 0 fully saturated rings. The van der Waals surface area contributed by atoms with E-state index in [4.69, 9.17) is 0 Å². The second kappa shape index (κ2) is 10.8. The third-order valence-electron chi connectivity index (χ3n) is 4.24. The largest absolute Gasteiger partial charge is 0.356 e. The zero-order chi connectivity index (χ0) is 24.7. The molecule has 0 bridgehead atoms. The second-order valence-electron chi connectivity index (χ2n) is 6.54. The lowest BCUT2D eigenvalue weighted by molar-refractivity contribution is -0.384. The van der Waals surface area contributed by atoms with Crippen LogP contribution in [0.2, 0.25) is 0 Å². The van der Waals surface area contributed by atoms with Crippen LogP contribution in [0, 0.1) is 20.2 Å². The monoisotopic (exact) mass is 530 g/mol. The lowest BCUT2D eigenvalue weighted by Gasteiger charge is -2.11. The number of hydrogen-bond donors (Lipinski definition) is 4. The highest BCUT2D eigenvalue weighted by atomic mass is 79.9. The molecular weight excluding hydrogens is 516 g/mol. The molecule has 15 heteroatoms. The smallest absolute Gasteiger partial charge is 0.276 e. The van der Waals surface area contributed by atoms with Crippen LogP contribution in [-0.4, -0.2) is 31.6 Å². The number of non-ortho nitro benzene ring substituents is 1. The zero-order valence-electron chi connectivity index (χ0n) is 17.0. The van der Waals surface area contributed by atoms with Gasteiger partial charge in [0.25, 0.3) is 11.6 Å². The number of carbonyl (C=O) groups excluding carboxylic acids is 2. The number of anilines is 2. The fourth-order valence-corrected chi connectivity index (χ4v) is 2.88. The van der Waals surface area contributed by atoms with E-state index in [9.17, 15) is 29.8 Å². The number of hydrazine groups is 2. The topological polar surface area (TPSA) is 194 Å². The molecule has 0 aliphatic rings. The van der Waals surface area contributed by atoms with E-state index in [0.717, 1.165) is 10.8 Å². The van der Waals surface area contributed by atoms with Gasteiger partial charge >= 0.3 is 5.69 Å². The molecular formula is C19H15BrN8O6. The van der Waals surface area contributed by atoms with Crippen molar-refractivity contribution < 1.29 is 19.4 Å². The fourth-order valence-electron chi connectivity index (χ4n) is 2.62. The van der Waals surface area contributed by atoms with Gasteiger partial charge in [0, 0.05) is 22.2 Å². The molecule has 2 aromatic carbocycles. The maximum absolute atomic E-state index is 12.2. The summed E-state index contributed by atoms with van der Waals surface area (Å²) in [6.07, 6.45) is 0.837. The molecule has 0 aliphatic heterocycles. The van der Waals surface area contributed by atoms with Crippen LogP contribution in [0.1, 0.15) is 15.9 Å². The molecule has 1 heterocycles. The summed E-state index contributed by atoms with van der Waals surface area (Å²) >= 11 is 3.25. The van der Waals surface area contributed by atoms with Gasteiger partial charge in [0.1, 0.15) is 6.33 Å². The van der Waals surface area contributed by atoms with E-state index < -0.39 is 27.3 Å². The molecule has 174 valence electrons. The van der Waals surface area contributed by atoms with E-state index in [1.165, 1.54) is 24.3 Å². The van der Waals surface area contributed by atoms with Gasteiger partial charge in [-0.15, -0.1) is 0 Å². The molecule has 1 aromatic heterocycles. The van der Waals surface area contributed by atoms with Gasteiger partial charge in [-0.2, -0.15) is 0 Å². The highest BCUT2D eigenvalue weighted by Crippen LogP contribution is 2.27. The first-order valence-corrected chi connectivity index (χ1v) is 10.1. The minimum absolute atomic E-state index is 0.119. The van der Waals surface area contributed by atoms with E-state index in [-0.39, 0.29) is 23.7 Å². The Labute approximate surface area is 199 Å². The number of nitro groups is 2. The summed E-state index contributed by atoms with van der Waals surface area (Å²) in [5.74, 6) is -1.80. The SMILES string of the molecule is O=C(Cc1ccc([N+](=O)[O-])cc1)NNc1ncnc(NNC(=O)c2ccc(Br)cc2)c1[N+](=O)[O-]. The van der Waals surface area contributed by atoms with E-state index in [2.05, 4.69) is 47.6 Å². The minimum atomic E-state index is -0.793. The van der Waals surface area contributed by atoms with Crippen LogP contribution in [-0.2, 0) is 11.2 Å². The van der Waals surface area contributed by atoms with Crippen molar-refractivity contribution in [3.63, 3.8) is 0 Å². The fraction of sp³-hybridized carbons (Fsp3) is 0.0526. The van der Waals surface area contributed by atoms with Crippen LogP contribution < -0.4 is 21.7 Å². The Morgan fingerprint density at radius 3 is 2.00 bits per heavy atom. The Balaban J connectivity index is 1.65. The first-order valence-electron chi connectivity index (χ1n) is 9.34. The first-order chi connectivity index (χ1) is 16.2. The van der Waals surface area contributed by atoms with Crippen molar-refractivity contribution in [2.24, 2.45) is 0 Å². The van der Waals surface area contributed by atoms with Gasteiger partial charge in [-0.05, 0) is 29.8 Å². The van der Waals surface area contributed by atoms with Gasteiger partial charge in [0.15, 0.2) is 0 Å². The molecule has 3 rings (SSSR count). The van der Waals surface area contributed by atoms with Crippen LogP contribution in [0.15, 0.2) is 59.3 Å². The molecule has 0 saturated heterocycles. The van der Waals surface area contributed by atoms with Gasteiger partial charge in [0.2, 0.25) is 17.5 Å². The molecule has 0 spiro atoms. The summed E-state index contributed by atoms with van der Waals surface area (Å²) in [6, 6.07) is 11.7. The zero-order valence-corrected chi connectivity index (χ0v) is 18.6. The van der Waals surface area contributed by atoms with Gasteiger partial charge in [-0.1, -0.05) is 28.1 Å². The van der Waals surface area contributed by atoms with Gasteiger partial charge < -0.3 is 0 Å². The predicted octanol–water partition coefficient (Wildman–Crippen LogP) is 2.50. The molecule has 3 aromatic rings. The highest BCUT2D eigenvalue weighted by Gasteiger charge is 2.24. The summed E-state index contributed by atoms with van der Waals surface area (Å²) in [5.41, 5.74) is 9.33. The summed E-state index contributed by atoms with van der Waals surface area (Å²) in [4.78, 5) is 52.8. The highest BCUT2D eigenvalue weighted by molar-refractivity contribution is 9.10. The standard InChI is InChI=1S/C19H15BrN8O6/c20-13-5-3-12(4-6-13)19(30)26-25-18-16(28(33)34)17(21-10-22-18)24-23-15(29)9-11-1-7-14(8-2-11)27(31)32/h1-8,10H,9H2,(H,23,29)(H,26,30)(H2,21,22,24,25). The number of carbonyl (C=O) groups is 2. The predicted molar refractivity (Wildman–Crippen MR) is 122 cm³/mol. The first kappa shape index (κ1) is 24.0. The number of aromatic nitrogens is 2. The molecule has 14 nitrogen and oxygen atoms in total. The summed E-state index contributed by atoms with van der Waals surface area (Å²) < 4.78 is 0.773. The molecule has 0 unspecified atom stereocenters. The van der Waals surface area contributed by atoms with Gasteiger partial charge in [0.05, 0.1) is 16.3 Å². The van der Waals surface area contributed by atoms with Crippen LogP contribution in [0.4, 0.5) is 23.0 Å². The third-order valence-corrected chi connectivity index (χ3v) is 4.77. The van der Waals surface area contributed by atoms with E-state index in [1.807, 2.05) is 0 Å². The summed E-state index contributed by atoms with van der Waals surface area (Å²) in [5, 5.41) is 22.3. The number of benzene rings is 2. The Bertz CT molecular complexity index is 1240. The van der Waals surface area contributed by atoms with Crippen LogP contribution in [0.25, 0.3) is 0 Å². The average Bonchev–Trinajstić information content (AvgIpc) is 2.81. The normalized spacial score (nSPS) is 10.1. The molecule has 0 saturated carbocycles. The van der Waals surface area contributed by atoms with E-state index in [1.54, 1.807) is 24.3 Å². The van der Waals surface area contributed by atoms with E-state index in [0.29, 0.717) is 11.1 Å². The van der Waals surface area contributed by atoms with Crippen LogP contribution in [0.5, 0.6) is 0 Å². The van der Waals surface area contributed by atoms with Crippen molar-refractivity contribution in [2.45, 2.75) is 6.42 Å². The number of hydrogen-bond acceptors (Lipinski definition) is 10. The van der Waals surface area contributed by atoms with E-state index >= 15 is 0 Å². The van der Waals surface area contributed by atoms with Gasteiger partial charge in [-0.3, -0.25) is 51.5 Å². The van der Waals surface area contributed by atoms with Crippen molar-refractivity contribution in [3.8, 4) is 0 Å². The number of amides is 2. The van der Waals surface area contributed by atoms with Crippen molar-refractivity contribution in [3.05, 3.63) is 90.7 Å². The van der Waals surface area contributed by atoms with Crippen molar-refractivity contribution in [1.82, 2.24) is 20.8 Å². The summed E-state index contributed by atoms with van der Waals surface area (Å²) in [7, 11) is 0. The lowest BCUT2D eigenvalue weighted by atomic mass is 10.1. The Morgan fingerprint density at radius 2 is 1.44 bits per heavy atom. The molecule has 0 radical (unpaired) electrons. The number of halogens is 1. The number of rotatable bonds is 9. The number of nitro benzene ring substituents is 1. The third kappa shape index (κ3) is 6.19. The minimum Gasteiger partial charge on any atom is -0.276 e. The Morgan fingerprint density at radius 1 is 0.853 bits per heavy atom. The van der Waals surface area contributed by atoms with Crippen LogP contribution in [0.3, 0.4) is 0 Å².